The fourth-order valence-corrected chi connectivity index (χ4v) is 2.02. The Labute approximate surface area is 94.5 Å². The van der Waals surface area contributed by atoms with E-state index in [1.54, 1.807) is 0 Å². The zero-order chi connectivity index (χ0) is 12.1. The molecule has 0 radical (unpaired) electrons. The fourth-order valence-electron chi connectivity index (χ4n) is 2.02. The summed E-state index contributed by atoms with van der Waals surface area (Å²) in [5.41, 5.74) is 0.407. The number of alkyl halides is 3. The SMILES string of the molecule is CCC1(CNCCOCC(F)(F)F)CCC1. The lowest BCUT2D eigenvalue weighted by Crippen LogP contribution is -2.40. The molecule has 0 aromatic rings. The predicted molar refractivity (Wildman–Crippen MR) is 56.3 cm³/mol. The maximum absolute atomic E-state index is 11.7. The van der Waals surface area contributed by atoms with Gasteiger partial charge in [0, 0.05) is 13.1 Å². The van der Waals surface area contributed by atoms with Gasteiger partial charge in [0.05, 0.1) is 6.61 Å². The Morgan fingerprint density at radius 1 is 1.31 bits per heavy atom. The quantitative estimate of drug-likeness (QED) is 0.690. The summed E-state index contributed by atoms with van der Waals surface area (Å²) in [4.78, 5) is 0. The van der Waals surface area contributed by atoms with E-state index in [1.807, 2.05) is 0 Å². The minimum atomic E-state index is -4.21. The van der Waals surface area contributed by atoms with Crippen molar-refractivity contribution in [1.82, 2.24) is 5.32 Å². The van der Waals surface area contributed by atoms with Crippen LogP contribution in [0.15, 0.2) is 0 Å². The Morgan fingerprint density at radius 2 is 2.00 bits per heavy atom. The lowest BCUT2D eigenvalue weighted by atomic mass is 9.67. The van der Waals surface area contributed by atoms with Crippen molar-refractivity contribution in [2.24, 2.45) is 5.41 Å². The Bertz CT molecular complexity index is 196. The van der Waals surface area contributed by atoms with E-state index in [4.69, 9.17) is 0 Å². The Balaban J connectivity index is 1.96. The minimum Gasteiger partial charge on any atom is -0.371 e. The van der Waals surface area contributed by atoms with E-state index in [1.165, 1.54) is 19.3 Å². The molecule has 1 aliphatic rings. The number of nitrogens with one attached hydrogen (secondary N) is 1. The molecule has 1 fully saturated rings. The topological polar surface area (TPSA) is 21.3 Å². The molecule has 16 heavy (non-hydrogen) atoms. The molecular formula is C11H20F3NO. The highest BCUT2D eigenvalue weighted by Gasteiger charge is 2.34. The Kier molecular flexibility index (Phi) is 5.05. The lowest BCUT2D eigenvalue weighted by molar-refractivity contribution is -0.173. The molecule has 0 unspecified atom stereocenters. The first-order chi connectivity index (χ1) is 7.47. The Morgan fingerprint density at radius 3 is 2.44 bits per heavy atom. The molecule has 1 aliphatic carbocycles. The molecule has 2 nitrogen and oxygen atoms in total. The summed E-state index contributed by atoms with van der Waals surface area (Å²) in [5.74, 6) is 0. The molecule has 0 aliphatic heterocycles. The van der Waals surface area contributed by atoms with Crippen LogP contribution >= 0.6 is 0 Å². The summed E-state index contributed by atoms with van der Waals surface area (Å²) in [6, 6.07) is 0. The fraction of sp³-hybridized carbons (Fsp3) is 1.00. The van der Waals surface area contributed by atoms with Crippen molar-refractivity contribution in [3.63, 3.8) is 0 Å². The van der Waals surface area contributed by atoms with Gasteiger partial charge in [0.2, 0.25) is 0 Å². The highest BCUT2D eigenvalue weighted by Crippen LogP contribution is 2.42. The summed E-state index contributed by atoms with van der Waals surface area (Å²) < 4.78 is 39.7. The van der Waals surface area contributed by atoms with Gasteiger partial charge in [-0.15, -0.1) is 0 Å². The van der Waals surface area contributed by atoms with Crippen LogP contribution in [0.2, 0.25) is 0 Å². The summed E-state index contributed by atoms with van der Waals surface area (Å²) in [6.07, 6.45) is 0.682. The van der Waals surface area contributed by atoms with Gasteiger partial charge >= 0.3 is 6.18 Å². The third-order valence-corrected chi connectivity index (χ3v) is 3.35. The normalized spacial score (nSPS) is 19.5. The number of hydrogen-bond acceptors (Lipinski definition) is 2. The van der Waals surface area contributed by atoms with Crippen LogP contribution in [-0.4, -0.2) is 32.5 Å². The van der Waals surface area contributed by atoms with Crippen molar-refractivity contribution in [3.05, 3.63) is 0 Å². The highest BCUT2D eigenvalue weighted by molar-refractivity contribution is 4.88. The lowest BCUT2D eigenvalue weighted by Gasteiger charge is -2.41. The van der Waals surface area contributed by atoms with Gasteiger partial charge in [-0.2, -0.15) is 13.2 Å². The van der Waals surface area contributed by atoms with E-state index >= 15 is 0 Å². The van der Waals surface area contributed by atoms with Crippen molar-refractivity contribution in [1.29, 1.82) is 0 Å². The third kappa shape index (κ3) is 4.70. The van der Waals surface area contributed by atoms with Crippen LogP contribution in [0.1, 0.15) is 32.6 Å². The standard InChI is InChI=1S/C11H20F3NO/c1-2-10(4-3-5-10)8-15-6-7-16-9-11(12,13)14/h15H,2-9H2,1H3. The minimum absolute atomic E-state index is 0.124. The van der Waals surface area contributed by atoms with Crippen LogP contribution in [0.4, 0.5) is 13.2 Å². The molecule has 1 saturated carbocycles. The second-order valence-corrected chi connectivity index (χ2v) is 4.55. The maximum atomic E-state index is 11.7. The van der Waals surface area contributed by atoms with E-state index in [-0.39, 0.29) is 6.61 Å². The maximum Gasteiger partial charge on any atom is 0.411 e. The molecule has 0 spiro atoms. The van der Waals surface area contributed by atoms with Gasteiger partial charge in [-0.3, -0.25) is 0 Å². The molecule has 0 heterocycles. The van der Waals surface area contributed by atoms with Crippen molar-refractivity contribution in [2.45, 2.75) is 38.8 Å². The van der Waals surface area contributed by atoms with E-state index in [2.05, 4.69) is 17.0 Å². The van der Waals surface area contributed by atoms with Crippen molar-refractivity contribution in [2.75, 3.05) is 26.3 Å². The van der Waals surface area contributed by atoms with Crippen LogP contribution in [0.3, 0.4) is 0 Å². The van der Waals surface area contributed by atoms with E-state index in [0.29, 0.717) is 12.0 Å². The van der Waals surface area contributed by atoms with E-state index in [0.717, 1.165) is 13.0 Å². The third-order valence-electron chi connectivity index (χ3n) is 3.35. The number of hydrogen-bond donors (Lipinski definition) is 1. The molecule has 96 valence electrons. The number of ether oxygens (including phenoxy) is 1. The molecule has 0 atom stereocenters. The second-order valence-electron chi connectivity index (χ2n) is 4.55. The average molecular weight is 239 g/mol. The van der Waals surface area contributed by atoms with Crippen molar-refractivity contribution in [3.8, 4) is 0 Å². The van der Waals surface area contributed by atoms with E-state index < -0.39 is 12.8 Å². The van der Waals surface area contributed by atoms with Crippen LogP contribution in [0.5, 0.6) is 0 Å². The molecule has 0 amide bonds. The average Bonchev–Trinajstić information content (AvgIpc) is 2.13. The van der Waals surface area contributed by atoms with Gasteiger partial charge in [-0.1, -0.05) is 13.3 Å². The smallest absolute Gasteiger partial charge is 0.371 e. The second kappa shape index (κ2) is 5.87. The van der Waals surface area contributed by atoms with Gasteiger partial charge in [0.1, 0.15) is 6.61 Å². The van der Waals surface area contributed by atoms with Gasteiger partial charge in [-0.05, 0) is 24.7 Å². The largest absolute Gasteiger partial charge is 0.411 e. The summed E-state index contributed by atoms with van der Waals surface area (Å²) >= 11 is 0. The van der Waals surface area contributed by atoms with Crippen LogP contribution in [0.25, 0.3) is 0 Å². The monoisotopic (exact) mass is 239 g/mol. The summed E-state index contributed by atoms with van der Waals surface area (Å²) in [5, 5.41) is 3.17. The molecule has 1 N–H and O–H groups in total. The molecule has 0 bridgehead atoms. The zero-order valence-corrected chi connectivity index (χ0v) is 9.70. The molecule has 1 rings (SSSR count). The highest BCUT2D eigenvalue weighted by atomic mass is 19.4. The molecule has 0 aromatic heterocycles. The number of halogens is 3. The van der Waals surface area contributed by atoms with Gasteiger partial charge in [0.15, 0.2) is 0 Å². The molecular weight excluding hydrogens is 219 g/mol. The summed E-state index contributed by atoms with van der Waals surface area (Å²) in [6.45, 7) is 2.55. The van der Waals surface area contributed by atoms with Gasteiger partial charge in [0.25, 0.3) is 0 Å². The zero-order valence-electron chi connectivity index (χ0n) is 9.70. The van der Waals surface area contributed by atoms with Crippen molar-refractivity contribution >= 4 is 0 Å². The van der Waals surface area contributed by atoms with Crippen LogP contribution in [0, 0.1) is 5.41 Å². The molecule has 0 aromatic carbocycles. The molecule has 5 heteroatoms. The molecule has 0 saturated heterocycles. The van der Waals surface area contributed by atoms with Crippen LogP contribution in [-0.2, 0) is 4.74 Å². The first-order valence-corrected chi connectivity index (χ1v) is 5.83. The van der Waals surface area contributed by atoms with Gasteiger partial charge < -0.3 is 10.1 Å². The summed E-state index contributed by atoms with van der Waals surface area (Å²) in [7, 11) is 0. The van der Waals surface area contributed by atoms with E-state index in [9.17, 15) is 13.2 Å². The van der Waals surface area contributed by atoms with Crippen LogP contribution < -0.4 is 5.32 Å². The Hall–Kier alpha value is -0.290. The van der Waals surface area contributed by atoms with Gasteiger partial charge in [-0.25, -0.2) is 0 Å². The van der Waals surface area contributed by atoms with Crippen molar-refractivity contribution < 1.29 is 17.9 Å². The first kappa shape index (κ1) is 13.8. The number of rotatable bonds is 7. The predicted octanol–water partition coefficient (Wildman–Crippen LogP) is 2.74. The first-order valence-electron chi connectivity index (χ1n) is 5.83.